The van der Waals surface area contributed by atoms with Gasteiger partial charge in [-0.1, -0.05) is 17.8 Å². The Kier molecular flexibility index (Phi) is 5.82. The predicted octanol–water partition coefficient (Wildman–Crippen LogP) is 2.21. The van der Waals surface area contributed by atoms with Gasteiger partial charge in [-0.2, -0.15) is 0 Å². The van der Waals surface area contributed by atoms with E-state index in [4.69, 9.17) is 9.47 Å². The Hall–Kier alpha value is -2.48. The average Bonchev–Trinajstić information content (AvgIpc) is 2.83. The Labute approximate surface area is 155 Å². The molecule has 1 aromatic carbocycles. The van der Waals surface area contributed by atoms with Gasteiger partial charge in [0.05, 0.1) is 25.0 Å². The fourth-order valence-corrected chi connectivity index (χ4v) is 3.30. The van der Waals surface area contributed by atoms with Crippen LogP contribution in [0, 0.1) is 6.92 Å². The fraction of sp³-hybridized carbons (Fsp3) is 0.389. The summed E-state index contributed by atoms with van der Waals surface area (Å²) in [6.07, 6.45) is 0.850. The van der Waals surface area contributed by atoms with Gasteiger partial charge in [0.2, 0.25) is 5.91 Å². The zero-order chi connectivity index (χ0) is 18.5. The van der Waals surface area contributed by atoms with Crippen LogP contribution in [0.5, 0.6) is 11.5 Å². The smallest absolute Gasteiger partial charge is 0.251 e. The van der Waals surface area contributed by atoms with Crippen molar-refractivity contribution < 1.29 is 14.3 Å². The van der Waals surface area contributed by atoms with Crippen LogP contribution < -0.4 is 20.3 Å². The maximum Gasteiger partial charge on any atom is 0.251 e. The highest BCUT2D eigenvalue weighted by Crippen LogP contribution is 2.32. The molecular formula is C18H21N3O4S. The molecule has 0 bridgehead atoms. The van der Waals surface area contributed by atoms with Crippen LogP contribution in [0.2, 0.25) is 0 Å². The van der Waals surface area contributed by atoms with E-state index in [1.54, 1.807) is 6.92 Å². The third kappa shape index (κ3) is 4.78. The summed E-state index contributed by atoms with van der Waals surface area (Å²) in [6, 6.07) is 6.93. The quantitative estimate of drug-likeness (QED) is 0.615. The molecule has 2 heterocycles. The Morgan fingerprint density at radius 2 is 2.08 bits per heavy atom. The number of nitrogens with one attached hydrogen (secondary N) is 2. The summed E-state index contributed by atoms with van der Waals surface area (Å²) in [5, 5.41) is 3.38. The molecule has 0 radical (unpaired) electrons. The van der Waals surface area contributed by atoms with Gasteiger partial charge in [0.15, 0.2) is 16.7 Å². The lowest BCUT2D eigenvalue weighted by Gasteiger charge is -2.16. The van der Waals surface area contributed by atoms with Crippen molar-refractivity contribution in [2.45, 2.75) is 31.5 Å². The van der Waals surface area contributed by atoms with E-state index < -0.39 is 0 Å². The number of thioether (sulfide) groups is 1. The van der Waals surface area contributed by atoms with Gasteiger partial charge in [-0.15, -0.1) is 0 Å². The van der Waals surface area contributed by atoms with Crippen molar-refractivity contribution in [3.05, 3.63) is 45.9 Å². The number of hydrogen-bond acceptors (Lipinski definition) is 6. The van der Waals surface area contributed by atoms with Gasteiger partial charge in [-0.05, 0) is 31.5 Å². The van der Waals surface area contributed by atoms with Crippen LogP contribution >= 0.6 is 11.8 Å². The maximum atomic E-state index is 12.2. The number of benzene rings is 1. The second-order valence-corrected chi connectivity index (χ2v) is 6.99. The lowest BCUT2D eigenvalue weighted by molar-refractivity contribution is -0.119. The molecule has 2 aromatic rings. The number of hydrogen-bond donors (Lipinski definition) is 2. The number of ether oxygens (including phenoxy) is 2. The number of nitrogens with zero attached hydrogens (tertiary/aromatic N) is 1. The first kappa shape index (κ1) is 18.3. The molecule has 0 spiro atoms. The van der Waals surface area contributed by atoms with Crippen LogP contribution in [0.1, 0.15) is 30.6 Å². The molecular weight excluding hydrogens is 354 g/mol. The van der Waals surface area contributed by atoms with Gasteiger partial charge in [0.1, 0.15) is 0 Å². The van der Waals surface area contributed by atoms with Crippen LogP contribution in [0.15, 0.2) is 34.2 Å². The summed E-state index contributed by atoms with van der Waals surface area (Å²) in [7, 11) is 0. The number of aryl methyl sites for hydroxylation is 1. The van der Waals surface area contributed by atoms with Gasteiger partial charge >= 0.3 is 0 Å². The van der Waals surface area contributed by atoms with Crippen molar-refractivity contribution in [1.29, 1.82) is 0 Å². The molecule has 0 fully saturated rings. The monoisotopic (exact) mass is 375 g/mol. The van der Waals surface area contributed by atoms with Crippen LogP contribution in [-0.2, 0) is 4.79 Å². The van der Waals surface area contributed by atoms with Crippen LogP contribution in [0.4, 0.5) is 0 Å². The summed E-state index contributed by atoms with van der Waals surface area (Å²) in [6.45, 7) is 4.92. The van der Waals surface area contributed by atoms with Crippen LogP contribution in [-0.4, -0.2) is 34.8 Å². The van der Waals surface area contributed by atoms with Gasteiger partial charge in [0, 0.05) is 18.2 Å². The number of aromatic amines is 1. The van der Waals surface area contributed by atoms with Crippen LogP contribution in [0.3, 0.4) is 0 Å². The Balaban J connectivity index is 1.58. The lowest BCUT2D eigenvalue weighted by atomic mass is 10.1. The van der Waals surface area contributed by atoms with E-state index in [0.717, 1.165) is 17.7 Å². The van der Waals surface area contributed by atoms with Gasteiger partial charge < -0.3 is 19.8 Å². The standard InChI is InChI=1S/C18H21N3O4S/c1-11-8-16(22)21-18(19-11)26-10-17(23)20-12(2)13-4-5-14-15(9-13)25-7-3-6-24-14/h4-5,8-9,12H,3,6-7,10H2,1-2H3,(H,20,23)(H,19,21,22). The lowest BCUT2D eigenvalue weighted by Crippen LogP contribution is -2.28. The first-order valence-electron chi connectivity index (χ1n) is 8.41. The highest BCUT2D eigenvalue weighted by molar-refractivity contribution is 7.99. The highest BCUT2D eigenvalue weighted by Gasteiger charge is 2.15. The van der Waals surface area contributed by atoms with E-state index in [9.17, 15) is 9.59 Å². The molecule has 1 aliphatic rings. The Morgan fingerprint density at radius 1 is 1.31 bits per heavy atom. The molecule has 3 rings (SSSR count). The molecule has 0 saturated carbocycles. The molecule has 0 aliphatic carbocycles. The van der Waals surface area contributed by atoms with Crippen molar-refractivity contribution in [2.75, 3.05) is 19.0 Å². The zero-order valence-electron chi connectivity index (χ0n) is 14.7. The number of fused-ring (bicyclic) bond motifs is 1. The molecule has 1 aromatic heterocycles. The van der Waals surface area contributed by atoms with Crippen molar-refractivity contribution in [3.63, 3.8) is 0 Å². The third-order valence-corrected chi connectivity index (χ3v) is 4.71. The number of rotatable bonds is 5. The topological polar surface area (TPSA) is 93.3 Å². The third-order valence-electron chi connectivity index (χ3n) is 3.84. The van der Waals surface area contributed by atoms with Crippen molar-refractivity contribution in [3.8, 4) is 11.5 Å². The molecule has 1 unspecified atom stereocenters. The number of carbonyl (C=O) groups excluding carboxylic acids is 1. The van der Waals surface area contributed by atoms with E-state index in [2.05, 4.69) is 15.3 Å². The molecule has 138 valence electrons. The number of amides is 1. The zero-order valence-corrected chi connectivity index (χ0v) is 15.5. The highest BCUT2D eigenvalue weighted by atomic mass is 32.2. The Bertz CT molecular complexity index is 853. The molecule has 1 amide bonds. The first-order chi connectivity index (χ1) is 12.5. The summed E-state index contributed by atoms with van der Waals surface area (Å²) < 4.78 is 11.3. The predicted molar refractivity (Wildman–Crippen MR) is 98.9 cm³/mol. The molecule has 26 heavy (non-hydrogen) atoms. The van der Waals surface area contributed by atoms with Gasteiger partial charge in [0.25, 0.3) is 5.56 Å². The van der Waals surface area contributed by atoms with Crippen molar-refractivity contribution in [2.24, 2.45) is 0 Å². The minimum Gasteiger partial charge on any atom is -0.490 e. The fourth-order valence-electron chi connectivity index (χ4n) is 2.57. The second-order valence-electron chi connectivity index (χ2n) is 6.03. The summed E-state index contributed by atoms with van der Waals surface area (Å²) in [4.78, 5) is 30.4. The average molecular weight is 375 g/mol. The summed E-state index contributed by atoms with van der Waals surface area (Å²) in [5.41, 5.74) is 1.34. The molecule has 0 saturated heterocycles. The first-order valence-corrected chi connectivity index (χ1v) is 9.39. The molecule has 8 heteroatoms. The summed E-state index contributed by atoms with van der Waals surface area (Å²) in [5.74, 6) is 1.46. The van der Waals surface area contributed by atoms with Gasteiger partial charge in [-0.25, -0.2) is 4.98 Å². The minimum atomic E-state index is -0.221. The van der Waals surface area contributed by atoms with E-state index in [-0.39, 0.29) is 23.3 Å². The second kappa shape index (κ2) is 8.27. The normalized spacial score (nSPS) is 14.4. The summed E-state index contributed by atoms with van der Waals surface area (Å²) >= 11 is 1.20. The number of carbonyl (C=O) groups is 1. The Morgan fingerprint density at radius 3 is 2.85 bits per heavy atom. The molecule has 2 N–H and O–H groups in total. The number of H-pyrrole nitrogens is 1. The van der Waals surface area contributed by atoms with Crippen molar-refractivity contribution >= 4 is 17.7 Å². The maximum absolute atomic E-state index is 12.2. The van der Waals surface area contributed by atoms with E-state index >= 15 is 0 Å². The largest absolute Gasteiger partial charge is 0.490 e. The van der Waals surface area contributed by atoms with E-state index in [0.29, 0.717) is 29.8 Å². The van der Waals surface area contributed by atoms with Crippen LogP contribution in [0.25, 0.3) is 0 Å². The van der Waals surface area contributed by atoms with Crippen molar-refractivity contribution in [1.82, 2.24) is 15.3 Å². The van der Waals surface area contributed by atoms with E-state index in [1.165, 1.54) is 17.8 Å². The number of aromatic nitrogens is 2. The van der Waals surface area contributed by atoms with E-state index in [1.807, 2.05) is 25.1 Å². The molecule has 7 nitrogen and oxygen atoms in total. The molecule has 1 aliphatic heterocycles. The SMILES string of the molecule is Cc1cc(=O)[nH]c(SCC(=O)NC(C)c2ccc3c(c2)OCCCO3)n1. The minimum absolute atomic E-state index is 0.140. The van der Waals surface area contributed by atoms with Gasteiger partial charge in [-0.3, -0.25) is 9.59 Å². The molecule has 1 atom stereocenters.